The first-order valence-electron chi connectivity index (χ1n) is 6.86. The van der Waals surface area contributed by atoms with Crippen LogP contribution in [0.25, 0.3) is 0 Å². The van der Waals surface area contributed by atoms with E-state index in [1.54, 1.807) is 18.5 Å². The molecule has 3 rings (SSSR count). The molecule has 0 amide bonds. The van der Waals surface area contributed by atoms with Crippen molar-refractivity contribution in [3.8, 4) is 6.07 Å². The number of ether oxygens (including phenoxy) is 1. The summed E-state index contributed by atoms with van der Waals surface area (Å²) in [7, 11) is 0. The molecular formula is C14H16N6O. The van der Waals surface area contributed by atoms with Crippen LogP contribution < -0.4 is 5.32 Å². The number of H-pyrrole nitrogens is 1. The molecule has 1 fully saturated rings. The van der Waals surface area contributed by atoms with Crippen LogP contribution in [0.15, 0.2) is 18.5 Å². The quantitative estimate of drug-likeness (QED) is 0.884. The number of rotatable bonds is 4. The topological polar surface area (TPSA) is 99.5 Å². The van der Waals surface area contributed by atoms with Crippen molar-refractivity contribution in [2.75, 3.05) is 18.5 Å². The van der Waals surface area contributed by atoms with Gasteiger partial charge in [0.1, 0.15) is 18.0 Å². The second-order valence-electron chi connectivity index (χ2n) is 5.03. The Balaban J connectivity index is 1.68. The standard InChI is InChI=1S/C14H16N6O/c1-9-18-14(20-19-9)13-10(3-5-21-13)8-17-12-2-4-16-7-11(12)6-15/h2,4,7,10,13H,3,5,8H2,1H3,(H,16,17)(H,18,19,20)/t10-,13-/m0/s1. The molecular weight excluding hydrogens is 268 g/mol. The first kappa shape index (κ1) is 13.5. The lowest BCUT2D eigenvalue weighted by molar-refractivity contribution is 0.0864. The van der Waals surface area contributed by atoms with Crippen LogP contribution in [-0.2, 0) is 4.74 Å². The minimum Gasteiger partial charge on any atom is -0.383 e. The SMILES string of the molecule is Cc1nc([C@H]2OCC[C@H]2CNc2ccncc2C#N)n[nH]1. The van der Waals surface area contributed by atoms with E-state index in [2.05, 4.69) is 31.6 Å². The van der Waals surface area contributed by atoms with Gasteiger partial charge in [-0.2, -0.15) is 10.4 Å². The highest BCUT2D eigenvalue weighted by Crippen LogP contribution is 2.32. The maximum Gasteiger partial charge on any atom is 0.179 e. The summed E-state index contributed by atoms with van der Waals surface area (Å²) in [6.45, 7) is 3.28. The van der Waals surface area contributed by atoms with Crippen LogP contribution >= 0.6 is 0 Å². The van der Waals surface area contributed by atoms with Crippen molar-refractivity contribution in [1.82, 2.24) is 20.2 Å². The van der Waals surface area contributed by atoms with Crippen molar-refractivity contribution < 1.29 is 4.74 Å². The lowest BCUT2D eigenvalue weighted by Gasteiger charge is -2.17. The van der Waals surface area contributed by atoms with Crippen LogP contribution in [0.1, 0.15) is 29.7 Å². The zero-order valence-corrected chi connectivity index (χ0v) is 11.7. The highest BCUT2D eigenvalue weighted by molar-refractivity contribution is 5.55. The van der Waals surface area contributed by atoms with Crippen molar-refractivity contribution in [3.63, 3.8) is 0 Å². The predicted octanol–water partition coefficient (Wildman–Crippen LogP) is 1.57. The van der Waals surface area contributed by atoms with Gasteiger partial charge in [-0.15, -0.1) is 0 Å². The summed E-state index contributed by atoms with van der Waals surface area (Å²) in [5.74, 6) is 1.76. The maximum atomic E-state index is 9.06. The zero-order valence-electron chi connectivity index (χ0n) is 11.7. The molecule has 0 aromatic carbocycles. The molecule has 0 saturated carbocycles. The van der Waals surface area contributed by atoms with Crippen LogP contribution in [0.5, 0.6) is 0 Å². The van der Waals surface area contributed by atoms with Gasteiger partial charge in [0.2, 0.25) is 0 Å². The molecule has 7 heteroatoms. The number of pyridine rings is 1. The average molecular weight is 284 g/mol. The van der Waals surface area contributed by atoms with E-state index in [0.717, 1.165) is 17.9 Å². The molecule has 1 aliphatic rings. The van der Waals surface area contributed by atoms with Crippen LogP contribution in [-0.4, -0.2) is 33.3 Å². The summed E-state index contributed by atoms with van der Waals surface area (Å²) in [6, 6.07) is 3.94. The molecule has 0 radical (unpaired) electrons. The summed E-state index contributed by atoms with van der Waals surface area (Å²) >= 11 is 0. The Morgan fingerprint density at radius 3 is 3.24 bits per heavy atom. The number of aromatic nitrogens is 4. The highest BCUT2D eigenvalue weighted by atomic mass is 16.5. The third-order valence-corrected chi connectivity index (χ3v) is 3.58. The Kier molecular flexibility index (Phi) is 3.79. The van der Waals surface area contributed by atoms with Gasteiger partial charge < -0.3 is 10.1 Å². The van der Waals surface area contributed by atoms with E-state index in [1.807, 2.05) is 6.92 Å². The molecule has 7 nitrogen and oxygen atoms in total. The summed E-state index contributed by atoms with van der Waals surface area (Å²) in [5.41, 5.74) is 1.34. The Labute approximate surface area is 122 Å². The molecule has 1 saturated heterocycles. The van der Waals surface area contributed by atoms with E-state index in [1.165, 1.54) is 0 Å². The lowest BCUT2D eigenvalue weighted by Crippen LogP contribution is -2.19. The fourth-order valence-corrected chi connectivity index (χ4v) is 2.49. The van der Waals surface area contributed by atoms with Gasteiger partial charge >= 0.3 is 0 Å². The van der Waals surface area contributed by atoms with E-state index in [0.29, 0.717) is 24.5 Å². The monoisotopic (exact) mass is 284 g/mol. The van der Waals surface area contributed by atoms with Crippen molar-refractivity contribution in [2.24, 2.45) is 5.92 Å². The average Bonchev–Trinajstić information content (AvgIpc) is 3.13. The minimum absolute atomic E-state index is 0.102. The minimum atomic E-state index is -0.102. The fourth-order valence-electron chi connectivity index (χ4n) is 2.49. The second kappa shape index (κ2) is 5.89. The van der Waals surface area contributed by atoms with Crippen molar-refractivity contribution in [3.05, 3.63) is 35.7 Å². The van der Waals surface area contributed by atoms with Crippen LogP contribution in [0.2, 0.25) is 0 Å². The third kappa shape index (κ3) is 2.85. The number of hydrogen-bond donors (Lipinski definition) is 2. The van der Waals surface area contributed by atoms with Crippen molar-refractivity contribution in [2.45, 2.75) is 19.4 Å². The van der Waals surface area contributed by atoms with Gasteiger partial charge in [0.25, 0.3) is 0 Å². The number of aryl methyl sites for hydroxylation is 1. The highest BCUT2D eigenvalue weighted by Gasteiger charge is 2.32. The molecule has 0 aliphatic carbocycles. The first-order valence-corrected chi connectivity index (χ1v) is 6.86. The summed E-state index contributed by atoms with van der Waals surface area (Å²) in [4.78, 5) is 8.30. The van der Waals surface area contributed by atoms with Crippen LogP contribution in [0.4, 0.5) is 5.69 Å². The van der Waals surface area contributed by atoms with Crippen LogP contribution in [0, 0.1) is 24.2 Å². The van der Waals surface area contributed by atoms with Crippen LogP contribution in [0.3, 0.4) is 0 Å². The van der Waals surface area contributed by atoms with E-state index in [-0.39, 0.29) is 12.0 Å². The molecule has 2 atom stereocenters. The van der Waals surface area contributed by atoms with Gasteiger partial charge in [0, 0.05) is 31.5 Å². The van der Waals surface area contributed by atoms with Crippen molar-refractivity contribution in [1.29, 1.82) is 5.26 Å². The van der Waals surface area contributed by atoms with E-state index in [9.17, 15) is 0 Å². The molecule has 2 aromatic rings. The van der Waals surface area contributed by atoms with E-state index >= 15 is 0 Å². The largest absolute Gasteiger partial charge is 0.383 e. The van der Waals surface area contributed by atoms with E-state index in [4.69, 9.17) is 10.00 Å². The normalized spacial score (nSPS) is 21.1. The number of nitrogens with zero attached hydrogens (tertiary/aromatic N) is 4. The smallest absolute Gasteiger partial charge is 0.179 e. The fraction of sp³-hybridized carbons (Fsp3) is 0.429. The van der Waals surface area contributed by atoms with Gasteiger partial charge in [-0.3, -0.25) is 10.1 Å². The first-order chi connectivity index (χ1) is 10.3. The molecule has 0 unspecified atom stereocenters. The molecule has 2 N–H and O–H groups in total. The molecule has 108 valence electrons. The Bertz CT molecular complexity index is 661. The number of anilines is 1. The predicted molar refractivity (Wildman–Crippen MR) is 75.4 cm³/mol. The van der Waals surface area contributed by atoms with Gasteiger partial charge in [-0.1, -0.05) is 0 Å². The number of aromatic amines is 1. The third-order valence-electron chi connectivity index (χ3n) is 3.58. The zero-order chi connectivity index (χ0) is 14.7. The number of nitrogens with one attached hydrogen (secondary N) is 2. The molecule has 3 heterocycles. The summed E-state index contributed by atoms with van der Waals surface area (Å²) < 4.78 is 5.75. The molecule has 1 aliphatic heterocycles. The molecule has 2 aromatic heterocycles. The summed E-state index contributed by atoms with van der Waals surface area (Å²) in [5, 5.41) is 19.4. The molecule has 0 bridgehead atoms. The van der Waals surface area contributed by atoms with Gasteiger partial charge in [0.05, 0.1) is 11.3 Å². The number of hydrogen-bond acceptors (Lipinski definition) is 6. The Hall–Kier alpha value is -2.46. The lowest BCUT2D eigenvalue weighted by atomic mass is 10.0. The van der Waals surface area contributed by atoms with Gasteiger partial charge in [-0.25, -0.2) is 4.98 Å². The molecule has 0 spiro atoms. The van der Waals surface area contributed by atoms with Gasteiger partial charge in [-0.05, 0) is 19.4 Å². The Morgan fingerprint density at radius 1 is 1.57 bits per heavy atom. The Morgan fingerprint density at radius 2 is 2.48 bits per heavy atom. The second-order valence-corrected chi connectivity index (χ2v) is 5.03. The van der Waals surface area contributed by atoms with Crippen molar-refractivity contribution >= 4 is 5.69 Å². The summed E-state index contributed by atoms with van der Waals surface area (Å²) in [6.07, 6.45) is 4.07. The van der Waals surface area contributed by atoms with Gasteiger partial charge in [0.15, 0.2) is 5.82 Å². The maximum absolute atomic E-state index is 9.06. The van der Waals surface area contributed by atoms with E-state index < -0.39 is 0 Å². The number of nitriles is 1. The molecule has 21 heavy (non-hydrogen) atoms.